The van der Waals surface area contributed by atoms with Crippen molar-refractivity contribution < 1.29 is 0 Å². The van der Waals surface area contributed by atoms with E-state index in [1.807, 2.05) is 11.6 Å². The Morgan fingerprint density at radius 1 is 1.38 bits per heavy atom. The van der Waals surface area contributed by atoms with Gasteiger partial charge in [-0.15, -0.1) is 11.3 Å². The lowest BCUT2D eigenvalue weighted by Gasteiger charge is -2.27. The Morgan fingerprint density at radius 3 is 3.12 bits per heavy atom. The van der Waals surface area contributed by atoms with Crippen molar-refractivity contribution in [3.05, 3.63) is 35.3 Å². The fraction of sp³-hybridized carbons (Fsp3) is 0.308. The molecule has 2 aromatic rings. The first kappa shape index (κ1) is 9.85. The van der Waals surface area contributed by atoms with Crippen LogP contribution in [0.2, 0.25) is 0 Å². The lowest BCUT2D eigenvalue weighted by Crippen LogP contribution is -2.24. The molecule has 0 saturated carbocycles. The van der Waals surface area contributed by atoms with Crippen molar-refractivity contribution >= 4 is 17.0 Å². The Kier molecular flexibility index (Phi) is 2.40. The zero-order valence-electron chi connectivity index (χ0n) is 9.31. The summed E-state index contributed by atoms with van der Waals surface area (Å²) < 4.78 is 0. The molecule has 3 rings (SSSR count). The third kappa shape index (κ3) is 1.61. The molecule has 1 aliphatic rings. The molecule has 16 heavy (non-hydrogen) atoms. The Balaban J connectivity index is 2.05. The van der Waals surface area contributed by atoms with Crippen LogP contribution in [0, 0.1) is 0 Å². The van der Waals surface area contributed by atoms with Crippen LogP contribution in [0.4, 0.5) is 5.69 Å². The third-order valence-electron chi connectivity index (χ3n) is 3.11. The fourth-order valence-corrected chi connectivity index (χ4v) is 2.92. The molecule has 0 unspecified atom stereocenters. The van der Waals surface area contributed by atoms with Gasteiger partial charge in [-0.1, -0.05) is 0 Å². The van der Waals surface area contributed by atoms with Crippen LogP contribution in [0.25, 0.3) is 10.6 Å². The molecule has 3 heteroatoms. The molecular weight excluding hydrogens is 216 g/mol. The van der Waals surface area contributed by atoms with E-state index in [1.54, 1.807) is 11.3 Å². The minimum Gasteiger partial charge on any atom is -0.374 e. The average molecular weight is 230 g/mol. The zero-order chi connectivity index (χ0) is 11.0. The predicted octanol–water partition coefficient (Wildman–Crippen LogP) is 3.19. The highest BCUT2D eigenvalue weighted by Gasteiger charge is 2.14. The fourth-order valence-electron chi connectivity index (χ4n) is 2.28. The van der Waals surface area contributed by atoms with E-state index in [0.717, 1.165) is 5.01 Å². The minimum atomic E-state index is 1.12. The van der Waals surface area contributed by atoms with E-state index in [0.29, 0.717) is 0 Å². The number of aryl methyl sites for hydroxylation is 1. The molecule has 0 N–H and O–H groups in total. The number of rotatable bonds is 1. The van der Waals surface area contributed by atoms with Gasteiger partial charge in [0.05, 0.1) is 0 Å². The third-order valence-corrected chi connectivity index (χ3v) is 3.93. The molecule has 2 nitrogen and oxygen atoms in total. The highest BCUT2D eigenvalue weighted by molar-refractivity contribution is 7.13. The maximum Gasteiger partial charge on any atom is 0.123 e. The summed E-state index contributed by atoms with van der Waals surface area (Å²) in [7, 11) is 2.17. The van der Waals surface area contributed by atoms with Crippen LogP contribution in [-0.2, 0) is 6.42 Å². The summed E-state index contributed by atoms with van der Waals surface area (Å²) in [5, 5.41) is 3.15. The summed E-state index contributed by atoms with van der Waals surface area (Å²) >= 11 is 1.70. The normalized spacial score (nSPS) is 14.9. The largest absolute Gasteiger partial charge is 0.374 e. The van der Waals surface area contributed by atoms with Crippen molar-refractivity contribution in [3.63, 3.8) is 0 Å². The number of fused-ring (bicyclic) bond motifs is 1. The van der Waals surface area contributed by atoms with Gasteiger partial charge >= 0.3 is 0 Å². The molecule has 0 aliphatic carbocycles. The molecule has 0 spiro atoms. The van der Waals surface area contributed by atoms with Gasteiger partial charge in [-0.2, -0.15) is 0 Å². The SMILES string of the molecule is CN1CCCc2cc(-c3nccs3)ccc21. The van der Waals surface area contributed by atoms with Crippen LogP contribution < -0.4 is 4.90 Å². The first-order valence-corrected chi connectivity index (χ1v) is 6.46. The molecule has 1 aliphatic heterocycles. The first-order valence-electron chi connectivity index (χ1n) is 5.58. The van der Waals surface area contributed by atoms with Crippen molar-refractivity contribution in [1.29, 1.82) is 0 Å². The van der Waals surface area contributed by atoms with E-state index >= 15 is 0 Å². The second-order valence-electron chi connectivity index (χ2n) is 4.21. The van der Waals surface area contributed by atoms with E-state index in [-0.39, 0.29) is 0 Å². The van der Waals surface area contributed by atoms with Crippen LogP contribution in [0.5, 0.6) is 0 Å². The van der Waals surface area contributed by atoms with Gasteiger partial charge < -0.3 is 4.90 Å². The van der Waals surface area contributed by atoms with Crippen molar-refractivity contribution in [2.24, 2.45) is 0 Å². The number of thiazole rings is 1. The topological polar surface area (TPSA) is 16.1 Å². The summed E-state index contributed by atoms with van der Waals surface area (Å²) in [4.78, 5) is 6.70. The number of hydrogen-bond acceptors (Lipinski definition) is 3. The van der Waals surface area contributed by atoms with Crippen molar-refractivity contribution in [2.45, 2.75) is 12.8 Å². The van der Waals surface area contributed by atoms with Gasteiger partial charge in [-0.3, -0.25) is 0 Å². The quantitative estimate of drug-likeness (QED) is 0.748. The Morgan fingerprint density at radius 2 is 2.31 bits per heavy atom. The molecule has 1 aromatic heterocycles. The Labute approximate surface area is 99.6 Å². The van der Waals surface area contributed by atoms with Crippen LogP contribution in [-0.4, -0.2) is 18.6 Å². The maximum absolute atomic E-state index is 4.36. The number of aromatic nitrogens is 1. The van der Waals surface area contributed by atoms with Gasteiger partial charge in [0, 0.05) is 36.4 Å². The summed E-state index contributed by atoms with van der Waals surface area (Å²) in [5.41, 5.74) is 4.09. The standard InChI is InChI=1S/C13H14N2S/c1-15-7-2-3-10-9-11(4-5-12(10)15)13-14-6-8-16-13/h4-6,8-9H,2-3,7H2,1H3. The second kappa shape index (κ2) is 3.91. The van der Waals surface area contributed by atoms with E-state index in [1.165, 1.54) is 36.2 Å². The molecule has 1 aromatic carbocycles. The van der Waals surface area contributed by atoms with Crippen LogP contribution in [0.1, 0.15) is 12.0 Å². The van der Waals surface area contributed by atoms with E-state index in [2.05, 4.69) is 35.1 Å². The van der Waals surface area contributed by atoms with Crippen molar-refractivity contribution in [3.8, 4) is 10.6 Å². The second-order valence-corrected chi connectivity index (χ2v) is 5.10. The molecule has 2 heterocycles. The summed E-state index contributed by atoms with van der Waals surface area (Å²) in [6, 6.07) is 6.70. The smallest absolute Gasteiger partial charge is 0.123 e. The Bertz CT molecular complexity index is 491. The van der Waals surface area contributed by atoms with E-state index in [4.69, 9.17) is 0 Å². The number of hydrogen-bond donors (Lipinski definition) is 0. The zero-order valence-corrected chi connectivity index (χ0v) is 10.1. The maximum atomic E-state index is 4.36. The van der Waals surface area contributed by atoms with Gasteiger partial charge in [-0.25, -0.2) is 4.98 Å². The van der Waals surface area contributed by atoms with Gasteiger partial charge in [0.2, 0.25) is 0 Å². The molecule has 0 bridgehead atoms. The van der Waals surface area contributed by atoms with Crippen LogP contribution in [0.3, 0.4) is 0 Å². The lowest BCUT2D eigenvalue weighted by molar-refractivity contribution is 0.745. The molecule has 0 radical (unpaired) electrons. The van der Waals surface area contributed by atoms with Gasteiger partial charge in [-0.05, 0) is 36.6 Å². The predicted molar refractivity (Wildman–Crippen MR) is 69.1 cm³/mol. The van der Waals surface area contributed by atoms with E-state index in [9.17, 15) is 0 Å². The van der Waals surface area contributed by atoms with Crippen LogP contribution in [0.15, 0.2) is 29.8 Å². The number of nitrogens with zero attached hydrogens (tertiary/aromatic N) is 2. The van der Waals surface area contributed by atoms with Gasteiger partial charge in [0.15, 0.2) is 0 Å². The molecule has 0 atom stereocenters. The van der Waals surface area contributed by atoms with Crippen LogP contribution >= 0.6 is 11.3 Å². The minimum absolute atomic E-state index is 1.12. The van der Waals surface area contributed by atoms with Crippen molar-refractivity contribution in [2.75, 3.05) is 18.5 Å². The first-order chi connectivity index (χ1) is 7.84. The van der Waals surface area contributed by atoms with Gasteiger partial charge in [0.25, 0.3) is 0 Å². The highest BCUT2D eigenvalue weighted by Crippen LogP contribution is 2.31. The summed E-state index contributed by atoms with van der Waals surface area (Å²) in [5.74, 6) is 0. The number of anilines is 1. The van der Waals surface area contributed by atoms with Gasteiger partial charge in [0.1, 0.15) is 5.01 Å². The molecule has 0 amide bonds. The highest BCUT2D eigenvalue weighted by atomic mass is 32.1. The average Bonchev–Trinajstić information content (AvgIpc) is 2.82. The Hall–Kier alpha value is -1.35. The van der Waals surface area contributed by atoms with Crippen molar-refractivity contribution in [1.82, 2.24) is 4.98 Å². The molecule has 0 fully saturated rings. The monoisotopic (exact) mass is 230 g/mol. The summed E-state index contributed by atoms with van der Waals surface area (Å²) in [6.45, 7) is 1.17. The molecule has 0 saturated heterocycles. The summed E-state index contributed by atoms with van der Waals surface area (Å²) in [6.07, 6.45) is 4.31. The molecule has 82 valence electrons. The van der Waals surface area contributed by atoms with E-state index < -0.39 is 0 Å². The lowest BCUT2D eigenvalue weighted by atomic mass is 10.00. The number of benzene rings is 1. The molecular formula is C13H14N2S.